The normalized spacial score (nSPS) is 14.4. The van der Waals surface area contributed by atoms with Gasteiger partial charge in [0.2, 0.25) is 0 Å². The van der Waals surface area contributed by atoms with Crippen LogP contribution in [-0.4, -0.2) is 36.8 Å². The van der Waals surface area contributed by atoms with Crippen molar-refractivity contribution in [3.05, 3.63) is 52.5 Å². The molecule has 1 amide bonds. The third-order valence-corrected chi connectivity index (χ3v) is 6.22. The second-order valence-electron chi connectivity index (χ2n) is 5.90. The predicted octanol–water partition coefficient (Wildman–Crippen LogP) is 5.18. The van der Waals surface area contributed by atoms with Crippen LogP contribution < -0.4 is 10.2 Å². The van der Waals surface area contributed by atoms with Crippen molar-refractivity contribution in [3.8, 4) is 0 Å². The van der Waals surface area contributed by atoms with Crippen molar-refractivity contribution in [2.24, 2.45) is 0 Å². The molecule has 1 aliphatic rings. The summed E-state index contributed by atoms with van der Waals surface area (Å²) < 4.78 is 0. The largest absolute Gasteiger partial charge is 0.369 e. The summed E-state index contributed by atoms with van der Waals surface area (Å²) in [7, 11) is 0. The van der Waals surface area contributed by atoms with Gasteiger partial charge in [0.1, 0.15) is 0 Å². The van der Waals surface area contributed by atoms with Crippen LogP contribution in [0.1, 0.15) is 15.9 Å². The number of amides is 1. The van der Waals surface area contributed by atoms with Gasteiger partial charge in [-0.1, -0.05) is 17.7 Å². The fourth-order valence-corrected chi connectivity index (χ4v) is 4.46. The zero-order valence-corrected chi connectivity index (χ0v) is 16.7. The first kappa shape index (κ1) is 18.5. The van der Waals surface area contributed by atoms with Gasteiger partial charge in [0, 0.05) is 40.7 Å². The number of rotatable bonds is 4. The average molecular weight is 393 g/mol. The number of nitrogens with one attached hydrogen (secondary N) is 1. The van der Waals surface area contributed by atoms with Gasteiger partial charge >= 0.3 is 0 Å². The topological polar surface area (TPSA) is 32.3 Å². The number of halogens is 1. The van der Waals surface area contributed by atoms with E-state index in [1.54, 1.807) is 11.8 Å². The van der Waals surface area contributed by atoms with Crippen molar-refractivity contribution < 1.29 is 4.79 Å². The maximum absolute atomic E-state index is 12.6. The van der Waals surface area contributed by atoms with Crippen LogP contribution in [0.4, 0.5) is 11.4 Å². The van der Waals surface area contributed by atoms with E-state index < -0.39 is 0 Å². The standard InChI is InChI=1S/C19H21ClN2OS2/c1-13-3-5-15(24-2)12-16(13)19(23)21-14-4-6-18(17(20)11-14)22-7-9-25-10-8-22/h3-6,11-12H,7-10H2,1-2H3,(H,21,23). The van der Waals surface area contributed by atoms with E-state index in [1.807, 2.05) is 61.3 Å². The lowest BCUT2D eigenvalue weighted by Crippen LogP contribution is -2.32. The van der Waals surface area contributed by atoms with E-state index in [-0.39, 0.29) is 5.91 Å². The van der Waals surface area contributed by atoms with Gasteiger partial charge in [-0.2, -0.15) is 11.8 Å². The fourth-order valence-electron chi connectivity index (χ4n) is 2.82. The van der Waals surface area contributed by atoms with Gasteiger partial charge in [0.25, 0.3) is 5.91 Å². The molecular formula is C19H21ClN2OS2. The molecule has 1 fully saturated rings. The molecule has 0 atom stereocenters. The van der Waals surface area contributed by atoms with Crippen LogP contribution in [0, 0.1) is 6.92 Å². The number of carbonyl (C=O) groups excluding carboxylic acids is 1. The molecule has 1 heterocycles. The number of hydrogen-bond donors (Lipinski definition) is 1. The van der Waals surface area contributed by atoms with Gasteiger partial charge in [-0.3, -0.25) is 4.79 Å². The van der Waals surface area contributed by atoms with Crippen molar-refractivity contribution in [1.82, 2.24) is 0 Å². The SMILES string of the molecule is CSc1ccc(C)c(C(=O)Nc2ccc(N3CCSCC3)c(Cl)c2)c1. The smallest absolute Gasteiger partial charge is 0.255 e. The van der Waals surface area contributed by atoms with Gasteiger partial charge in [-0.15, -0.1) is 11.8 Å². The minimum Gasteiger partial charge on any atom is -0.369 e. The highest BCUT2D eigenvalue weighted by molar-refractivity contribution is 7.99. The van der Waals surface area contributed by atoms with E-state index in [0.29, 0.717) is 10.6 Å². The molecule has 2 aromatic rings. The Labute approximate surface area is 162 Å². The minimum atomic E-state index is -0.105. The van der Waals surface area contributed by atoms with Gasteiger partial charge < -0.3 is 10.2 Å². The molecule has 1 aliphatic heterocycles. The summed E-state index contributed by atoms with van der Waals surface area (Å²) in [5.41, 5.74) is 3.42. The van der Waals surface area contributed by atoms with Crippen molar-refractivity contribution in [2.75, 3.05) is 41.1 Å². The highest BCUT2D eigenvalue weighted by Crippen LogP contribution is 2.31. The second kappa shape index (κ2) is 8.39. The summed E-state index contributed by atoms with van der Waals surface area (Å²) in [5, 5.41) is 3.65. The number of nitrogens with zero attached hydrogens (tertiary/aromatic N) is 1. The first-order valence-corrected chi connectivity index (χ1v) is 10.9. The number of carbonyl (C=O) groups is 1. The average Bonchev–Trinajstić information content (AvgIpc) is 2.63. The number of aryl methyl sites for hydroxylation is 1. The molecule has 3 rings (SSSR count). The number of hydrogen-bond acceptors (Lipinski definition) is 4. The first-order chi connectivity index (χ1) is 12.1. The molecule has 1 saturated heterocycles. The molecule has 25 heavy (non-hydrogen) atoms. The molecule has 0 aliphatic carbocycles. The summed E-state index contributed by atoms with van der Waals surface area (Å²) in [6.45, 7) is 3.97. The molecule has 1 N–H and O–H groups in total. The van der Waals surface area contributed by atoms with Crippen molar-refractivity contribution >= 4 is 52.4 Å². The Hall–Kier alpha value is -1.30. The molecule has 2 aromatic carbocycles. The van der Waals surface area contributed by atoms with Crippen molar-refractivity contribution in [2.45, 2.75) is 11.8 Å². The van der Waals surface area contributed by atoms with Crippen LogP contribution in [-0.2, 0) is 0 Å². The molecule has 0 saturated carbocycles. The third-order valence-electron chi connectivity index (χ3n) is 4.25. The first-order valence-electron chi connectivity index (χ1n) is 8.16. The van der Waals surface area contributed by atoms with Gasteiger partial charge in [0.15, 0.2) is 0 Å². The summed E-state index contributed by atoms with van der Waals surface area (Å²) in [6.07, 6.45) is 2.00. The minimum absolute atomic E-state index is 0.105. The molecule has 0 unspecified atom stereocenters. The molecule has 0 aromatic heterocycles. The molecule has 6 heteroatoms. The molecule has 0 spiro atoms. The summed E-state index contributed by atoms with van der Waals surface area (Å²) in [6, 6.07) is 11.7. The summed E-state index contributed by atoms with van der Waals surface area (Å²) >= 11 is 10.1. The maximum atomic E-state index is 12.6. The zero-order valence-electron chi connectivity index (χ0n) is 14.3. The lowest BCUT2D eigenvalue weighted by atomic mass is 10.1. The lowest BCUT2D eigenvalue weighted by molar-refractivity contribution is 0.102. The van der Waals surface area contributed by atoms with Gasteiger partial charge in [0.05, 0.1) is 10.7 Å². The Balaban J connectivity index is 1.76. The Morgan fingerprint density at radius 2 is 1.96 bits per heavy atom. The van der Waals surface area contributed by atoms with Crippen LogP contribution in [0.3, 0.4) is 0 Å². The zero-order chi connectivity index (χ0) is 17.8. The fraction of sp³-hybridized carbons (Fsp3) is 0.316. The van der Waals surface area contributed by atoms with Crippen LogP contribution in [0.25, 0.3) is 0 Å². The second-order valence-corrected chi connectivity index (χ2v) is 8.41. The van der Waals surface area contributed by atoms with Crippen LogP contribution >= 0.6 is 35.1 Å². The predicted molar refractivity (Wildman–Crippen MR) is 112 cm³/mol. The van der Waals surface area contributed by atoms with E-state index >= 15 is 0 Å². The number of thioether (sulfide) groups is 2. The maximum Gasteiger partial charge on any atom is 0.255 e. The van der Waals surface area contributed by atoms with E-state index in [2.05, 4.69) is 10.2 Å². The Bertz CT molecular complexity index is 776. The third kappa shape index (κ3) is 4.46. The molecule has 0 radical (unpaired) electrons. The van der Waals surface area contributed by atoms with Crippen LogP contribution in [0.5, 0.6) is 0 Å². The van der Waals surface area contributed by atoms with Crippen molar-refractivity contribution in [3.63, 3.8) is 0 Å². The van der Waals surface area contributed by atoms with Crippen LogP contribution in [0.2, 0.25) is 5.02 Å². The number of anilines is 2. The highest BCUT2D eigenvalue weighted by atomic mass is 35.5. The Kier molecular flexibility index (Phi) is 6.20. The molecule has 3 nitrogen and oxygen atoms in total. The number of benzene rings is 2. The Morgan fingerprint density at radius 3 is 2.64 bits per heavy atom. The van der Waals surface area contributed by atoms with E-state index in [0.717, 1.165) is 46.4 Å². The van der Waals surface area contributed by atoms with Crippen LogP contribution in [0.15, 0.2) is 41.3 Å². The van der Waals surface area contributed by atoms with E-state index in [4.69, 9.17) is 11.6 Å². The Morgan fingerprint density at radius 1 is 1.20 bits per heavy atom. The molecule has 0 bridgehead atoms. The quantitative estimate of drug-likeness (QED) is 0.727. The summed E-state index contributed by atoms with van der Waals surface area (Å²) in [5.74, 6) is 2.14. The summed E-state index contributed by atoms with van der Waals surface area (Å²) in [4.78, 5) is 16.0. The molecular weight excluding hydrogens is 372 g/mol. The highest BCUT2D eigenvalue weighted by Gasteiger charge is 2.15. The monoisotopic (exact) mass is 392 g/mol. The van der Waals surface area contributed by atoms with Crippen molar-refractivity contribution in [1.29, 1.82) is 0 Å². The van der Waals surface area contributed by atoms with Gasteiger partial charge in [-0.05, 0) is 49.1 Å². The van der Waals surface area contributed by atoms with E-state index in [1.165, 1.54) is 0 Å². The lowest BCUT2D eigenvalue weighted by Gasteiger charge is -2.29. The molecule has 132 valence electrons. The van der Waals surface area contributed by atoms with Gasteiger partial charge in [-0.25, -0.2) is 0 Å². The van der Waals surface area contributed by atoms with E-state index in [9.17, 15) is 4.79 Å².